The van der Waals surface area contributed by atoms with Gasteiger partial charge in [0.1, 0.15) is 0 Å². The molecule has 0 heterocycles. The van der Waals surface area contributed by atoms with Gasteiger partial charge in [-0.05, 0) is 43.7 Å². The van der Waals surface area contributed by atoms with E-state index in [2.05, 4.69) is 12.1 Å². The van der Waals surface area contributed by atoms with Gasteiger partial charge in [0.25, 0.3) is 0 Å². The molecule has 0 aromatic heterocycles. The van der Waals surface area contributed by atoms with Crippen molar-refractivity contribution in [2.24, 2.45) is 5.73 Å². The van der Waals surface area contributed by atoms with Crippen LogP contribution in [-0.2, 0) is 0 Å². The Kier molecular flexibility index (Phi) is 3.95. The molecule has 0 spiro atoms. The smallest absolute Gasteiger partial charge is 0.162 e. The second-order valence-electron chi connectivity index (χ2n) is 5.19. The molecule has 0 radical (unpaired) electrons. The Bertz CT molecular complexity index is 394. The molecule has 1 aromatic carbocycles. The van der Waals surface area contributed by atoms with E-state index < -0.39 is 0 Å². The predicted octanol–water partition coefficient (Wildman–Crippen LogP) is 3.26. The number of rotatable bonds is 5. The first kappa shape index (κ1) is 12.3. The lowest BCUT2D eigenvalue weighted by atomic mass is 9.79. The van der Waals surface area contributed by atoms with Crippen molar-refractivity contribution in [1.82, 2.24) is 0 Å². The lowest BCUT2D eigenvalue weighted by Crippen LogP contribution is -2.16. The number of carbonyl (C=O) groups is 1. The van der Waals surface area contributed by atoms with Gasteiger partial charge >= 0.3 is 0 Å². The summed E-state index contributed by atoms with van der Waals surface area (Å²) in [6, 6.07) is 8.26. The predicted molar refractivity (Wildman–Crippen MR) is 70.2 cm³/mol. The summed E-state index contributed by atoms with van der Waals surface area (Å²) in [6.45, 7) is 1.94. The highest BCUT2D eigenvalue weighted by atomic mass is 16.1. The molecule has 1 atom stereocenters. The van der Waals surface area contributed by atoms with Crippen LogP contribution in [0, 0.1) is 0 Å². The maximum atomic E-state index is 12.0. The van der Waals surface area contributed by atoms with Gasteiger partial charge in [0.05, 0.1) is 0 Å². The van der Waals surface area contributed by atoms with E-state index in [4.69, 9.17) is 5.73 Å². The van der Waals surface area contributed by atoms with Crippen molar-refractivity contribution in [3.63, 3.8) is 0 Å². The Morgan fingerprint density at radius 1 is 1.47 bits per heavy atom. The highest BCUT2D eigenvalue weighted by molar-refractivity contribution is 5.96. The molecule has 2 rings (SSSR count). The van der Waals surface area contributed by atoms with Crippen molar-refractivity contribution in [3.8, 4) is 0 Å². The number of Topliss-reactive ketones (excluding diaryl/α,β-unsaturated/α-hetero) is 1. The minimum Gasteiger partial charge on any atom is -0.328 e. The highest BCUT2D eigenvalue weighted by Gasteiger charge is 2.20. The fourth-order valence-electron chi connectivity index (χ4n) is 2.21. The first-order valence-corrected chi connectivity index (χ1v) is 6.55. The molecule has 0 aliphatic heterocycles. The molecule has 2 N–H and O–H groups in total. The molecule has 1 aromatic rings. The average Bonchev–Trinajstić information content (AvgIpc) is 2.24. The first-order valence-electron chi connectivity index (χ1n) is 6.55. The number of hydrogen-bond acceptors (Lipinski definition) is 2. The molecule has 2 heteroatoms. The number of ketones is 1. The summed E-state index contributed by atoms with van der Waals surface area (Å²) in [6.07, 6.45) is 5.21. The molecule has 1 fully saturated rings. The molecule has 1 aliphatic rings. The molecular formula is C15H21NO. The molecule has 1 aliphatic carbocycles. The third kappa shape index (κ3) is 3.16. The second kappa shape index (κ2) is 5.46. The van der Waals surface area contributed by atoms with Crippen LogP contribution in [0.25, 0.3) is 0 Å². The van der Waals surface area contributed by atoms with Crippen LogP contribution in [-0.4, -0.2) is 11.8 Å². The third-order valence-electron chi connectivity index (χ3n) is 3.61. The zero-order valence-electron chi connectivity index (χ0n) is 10.5. The van der Waals surface area contributed by atoms with Crippen molar-refractivity contribution in [1.29, 1.82) is 0 Å². The summed E-state index contributed by atoms with van der Waals surface area (Å²) in [7, 11) is 0. The Morgan fingerprint density at radius 3 is 2.82 bits per heavy atom. The molecule has 17 heavy (non-hydrogen) atoms. The summed E-state index contributed by atoms with van der Waals surface area (Å²) < 4.78 is 0. The van der Waals surface area contributed by atoms with Gasteiger partial charge in [0, 0.05) is 18.0 Å². The summed E-state index contributed by atoms with van der Waals surface area (Å²) in [5, 5.41) is 0. The van der Waals surface area contributed by atoms with E-state index >= 15 is 0 Å². The van der Waals surface area contributed by atoms with Gasteiger partial charge in [-0.3, -0.25) is 4.79 Å². The topological polar surface area (TPSA) is 43.1 Å². The van der Waals surface area contributed by atoms with Gasteiger partial charge in [-0.1, -0.05) is 24.6 Å². The van der Waals surface area contributed by atoms with E-state index in [-0.39, 0.29) is 11.8 Å². The van der Waals surface area contributed by atoms with E-state index in [0.717, 1.165) is 12.0 Å². The summed E-state index contributed by atoms with van der Waals surface area (Å²) >= 11 is 0. The SMILES string of the molecule is CC(N)CCC(=O)c1cccc(C2CCC2)c1. The van der Waals surface area contributed by atoms with Crippen LogP contribution in [0.5, 0.6) is 0 Å². The average molecular weight is 231 g/mol. The van der Waals surface area contributed by atoms with Crippen LogP contribution >= 0.6 is 0 Å². The van der Waals surface area contributed by atoms with Crippen molar-refractivity contribution < 1.29 is 4.79 Å². The van der Waals surface area contributed by atoms with Crippen molar-refractivity contribution >= 4 is 5.78 Å². The van der Waals surface area contributed by atoms with Crippen LogP contribution in [0.1, 0.15) is 60.9 Å². The van der Waals surface area contributed by atoms with E-state index in [9.17, 15) is 4.79 Å². The van der Waals surface area contributed by atoms with Crippen LogP contribution in [0.4, 0.5) is 0 Å². The lowest BCUT2D eigenvalue weighted by molar-refractivity contribution is 0.0978. The number of benzene rings is 1. The molecule has 1 saturated carbocycles. The van der Waals surface area contributed by atoms with E-state index in [1.807, 2.05) is 19.1 Å². The van der Waals surface area contributed by atoms with Crippen molar-refractivity contribution in [3.05, 3.63) is 35.4 Å². The summed E-state index contributed by atoms with van der Waals surface area (Å²) in [5.41, 5.74) is 7.87. The van der Waals surface area contributed by atoms with Crippen LogP contribution in [0.3, 0.4) is 0 Å². The highest BCUT2D eigenvalue weighted by Crippen LogP contribution is 2.36. The zero-order chi connectivity index (χ0) is 12.3. The molecule has 0 saturated heterocycles. The quantitative estimate of drug-likeness (QED) is 0.790. The van der Waals surface area contributed by atoms with Crippen molar-refractivity contribution in [2.45, 2.75) is 51.0 Å². The Hall–Kier alpha value is -1.15. The molecular weight excluding hydrogens is 210 g/mol. The summed E-state index contributed by atoms with van der Waals surface area (Å²) in [4.78, 5) is 12.0. The third-order valence-corrected chi connectivity index (χ3v) is 3.61. The zero-order valence-corrected chi connectivity index (χ0v) is 10.5. The largest absolute Gasteiger partial charge is 0.328 e. The summed E-state index contributed by atoms with van der Waals surface area (Å²) in [5.74, 6) is 0.916. The van der Waals surface area contributed by atoms with E-state index in [1.165, 1.54) is 24.8 Å². The molecule has 0 bridgehead atoms. The van der Waals surface area contributed by atoms with Crippen molar-refractivity contribution in [2.75, 3.05) is 0 Å². The number of carbonyl (C=O) groups excluding carboxylic acids is 1. The standard InChI is InChI=1S/C15H21NO/c1-11(16)8-9-15(17)14-7-3-6-13(10-14)12-4-2-5-12/h3,6-7,10-12H,2,4-5,8-9,16H2,1H3. The maximum Gasteiger partial charge on any atom is 0.162 e. The van der Waals surface area contributed by atoms with E-state index in [1.54, 1.807) is 0 Å². The van der Waals surface area contributed by atoms with Gasteiger partial charge < -0.3 is 5.73 Å². The minimum absolute atomic E-state index is 0.105. The van der Waals surface area contributed by atoms with Gasteiger partial charge in [0.15, 0.2) is 5.78 Å². The van der Waals surface area contributed by atoms with Crippen LogP contribution in [0.2, 0.25) is 0 Å². The molecule has 0 amide bonds. The van der Waals surface area contributed by atoms with Crippen LogP contribution in [0.15, 0.2) is 24.3 Å². The van der Waals surface area contributed by atoms with Crippen LogP contribution < -0.4 is 5.73 Å². The monoisotopic (exact) mass is 231 g/mol. The maximum absolute atomic E-state index is 12.0. The van der Waals surface area contributed by atoms with Gasteiger partial charge in [-0.25, -0.2) is 0 Å². The Balaban J connectivity index is 2.02. The van der Waals surface area contributed by atoms with Gasteiger partial charge in [0.2, 0.25) is 0 Å². The number of nitrogens with two attached hydrogens (primary N) is 1. The minimum atomic E-state index is 0.105. The fraction of sp³-hybridized carbons (Fsp3) is 0.533. The molecule has 92 valence electrons. The normalized spacial score (nSPS) is 17.5. The molecule has 2 nitrogen and oxygen atoms in total. The second-order valence-corrected chi connectivity index (χ2v) is 5.19. The first-order chi connectivity index (χ1) is 8.16. The van der Waals surface area contributed by atoms with E-state index in [0.29, 0.717) is 12.3 Å². The fourth-order valence-corrected chi connectivity index (χ4v) is 2.21. The van der Waals surface area contributed by atoms with Gasteiger partial charge in [-0.15, -0.1) is 0 Å². The lowest BCUT2D eigenvalue weighted by Gasteiger charge is -2.26. The number of hydrogen-bond donors (Lipinski definition) is 1. The Morgan fingerprint density at radius 2 is 2.24 bits per heavy atom. The Labute approximate surface area is 103 Å². The molecule has 1 unspecified atom stereocenters. The van der Waals surface area contributed by atoms with Gasteiger partial charge in [-0.2, -0.15) is 0 Å².